The van der Waals surface area contributed by atoms with Crippen LogP contribution in [0, 0.1) is 17.3 Å². The van der Waals surface area contributed by atoms with Gasteiger partial charge in [-0.1, -0.05) is 20.8 Å². The number of aliphatic hydroxyl groups is 1. The molecule has 1 N–H and O–H groups in total. The maximum Gasteiger partial charge on any atom is 0.0736 e. The fourth-order valence-corrected chi connectivity index (χ4v) is 2.99. The summed E-state index contributed by atoms with van der Waals surface area (Å²) < 4.78 is 0. The van der Waals surface area contributed by atoms with Crippen molar-refractivity contribution < 1.29 is 5.11 Å². The lowest BCUT2D eigenvalue weighted by molar-refractivity contribution is 0.0419. The van der Waals surface area contributed by atoms with Crippen LogP contribution < -0.4 is 0 Å². The lowest BCUT2D eigenvalue weighted by Crippen LogP contribution is -2.26. The molecule has 0 aromatic heterocycles. The van der Waals surface area contributed by atoms with Crippen molar-refractivity contribution in [3.63, 3.8) is 0 Å². The van der Waals surface area contributed by atoms with Gasteiger partial charge < -0.3 is 5.11 Å². The molecule has 2 aliphatic carbocycles. The van der Waals surface area contributed by atoms with Crippen LogP contribution in [0.4, 0.5) is 0 Å². The number of hydrogen-bond acceptors (Lipinski definition) is 1. The zero-order chi connectivity index (χ0) is 8.28. The molecule has 0 heterocycles. The zero-order valence-electron chi connectivity index (χ0n) is 7.72. The standard InChI is InChI=1S/C10H18O/c1-4-9(5-7(9)2)10(11)6-8(10)3/h7-8,11H,4-6H2,1-3H3. The molecule has 1 nitrogen and oxygen atoms in total. The third-order valence-corrected chi connectivity index (χ3v) is 4.22. The van der Waals surface area contributed by atoms with Crippen LogP contribution in [-0.2, 0) is 0 Å². The lowest BCUT2D eigenvalue weighted by Gasteiger charge is -2.22. The van der Waals surface area contributed by atoms with Gasteiger partial charge in [0.15, 0.2) is 0 Å². The smallest absolute Gasteiger partial charge is 0.0736 e. The van der Waals surface area contributed by atoms with Gasteiger partial charge in [-0.2, -0.15) is 0 Å². The van der Waals surface area contributed by atoms with Crippen LogP contribution in [0.15, 0.2) is 0 Å². The predicted molar refractivity (Wildman–Crippen MR) is 45.2 cm³/mol. The third kappa shape index (κ3) is 0.703. The van der Waals surface area contributed by atoms with E-state index < -0.39 is 0 Å². The highest BCUT2D eigenvalue weighted by Gasteiger charge is 2.71. The van der Waals surface area contributed by atoms with Crippen LogP contribution in [0.1, 0.15) is 40.0 Å². The Bertz CT molecular complexity index is 185. The summed E-state index contributed by atoms with van der Waals surface area (Å²) in [5.74, 6) is 1.33. The normalized spacial score (nSPS) is 61.1. The van der Waals surface area contributed by atoms with Crippen LogP contribution in [0.2, 0.25) is 0 Å². The molecule has 0 radical (unpaired) electrons. The molecule has 0 bridgehead atoms. The second kappa shape index (κ2) is 1.82. The van der Waals surface area contributed by atoms with Crippen LogP contribution in [0.25, 0.3) is 0 Å². The monoisotopic (exact) mass is 154 g/mol. The Morgan fingerprint density at radius 3 is 1.82 bits per heavy atom. The molecule has 2 rings (SSSR count). The van der Waals surface area contributed by atoms with E-state index in [9.17, 15) is 5.11 Å². The van der Waals surface area contributed by atoms with Gasteiger partial charge in [0, 0.05) is 5.41 Å². The molecule has 11 heavy (non-hydrogen) atoms. The fourth-order valence-electron chi connectivity index (χ4n) is 2.99. The lowest BCUT2D eigenvalue weighted by atomic mass is 9.89. The first kappa shape index (κ1) is 7.60. The number of hydrogen-bond donors (Lipinski definition) is 1. The summed E-state index contributed by atoms with van der Waals surface area (Å²) in [7, 11) is 0. The van der Waals surface area contributed by atoms with Crippen molar-refractivity contribution in [2.24, 2.45) is 17.3 Å². The first-order chi connectivity index (χ1) is 5.07. The SMILES string of the molecule is CCC1(C2(O)CC2C)CC1C. The Kier molecular flexibility index (Phi) is 1.26. The van der Waals surface area contributed by atoms with E-state index in [1.807, 2.05) is 0 Å². The van der Waals surface area contributed by atoms with Gasteiger partial charge >= 0.3 is 0 Å². The molecule has 0 saturated heterocycles. The summed E-state index contributed by atoms with van der Waals surface area (Å²) in [5, 5.41) is 10.2. The quantitative estimate of drug-likeness (QED) is 0.646. The van der Waals surface area contributed by atoms with E-state index in [1.54, 1.807) is 0 Å². The van der Waals surface area contributed by atoms with E-state index >= 15 is 0 Å². The molecule has 0 amide bonds. The summed E-state index contributed by atoms with van der Waals surface area (Å²) in [5.41, 5.74) is 0.0631. The Labute approximate surface area is 68.8 Å². The molecule has 4 unspecified atom stereocenters. The van der Waals surface area contributed by atoms with Gasteiger partial charge in [0.05, 0.1) is 5.60 Å². The molecular weight excluding hydrogens is 136 g/mol. The number of rotatable bonds is 2. The highest BCUT2D eigenvalue weighted by molar-refractivity contribution is 5.21. The van der Waals surface area contributed by atoms with Gasteiger partial charge in [-0.3, -0.25) is 0 Å². The zero-order valence-corrected chi connectivity index (χ0v) is 7.72. The second-order valence-corrected chi connectivity index (χ2v) is 4.64. The minimum absolute atomic E-state index is 0.263. The largest absolute Gasteiger partial charge is 0.389 e. The van der Waals surface area contributed by atoms with Crippen LogP contribution >= 0.6 is 0 Å². The first-order valence-electron chi connectivity index (χ1n) is 4.79. The summed E-state index contributed by atoms with van der Waals surface area (Å²) in [6.07, 6.45) is 3.46. The van der Waals surface area contributed by atoms with Gasteiger partial charge in [0.2, 0.25) is 0 Å². The highest BCUT2D eigenvalue weighted by atomic mass is 16.3. The van der Waals surface area contributed by atoms with Crippen molar-refractivity contribution in [2.75, 3.05) is 0 Å². The molecule has 0 spiro atoms. The van der Waals surface area contributed by atoms with E-state index in [1.165, 1.54) is 6.42 Å². The molecule has 0 aromatic rings. The Morgan fingerprint density at radius 1 is 1.27 bits per heavy atom. The molecule has 64 valence electrons. The van der Waals surface area contributed by atoms with E-state index in [0.717, 1.165) is 18.8 Å². The third-order valence-electron chi connectivity index (χ3n) is 4.22. The van der Waals surface area contributed by atoms with Crippen molar-refractivity contribution in [3.05, 3.63) is 0 Å². The van der Waals surface area contributed by atoms with Crippen molar-refractivity contribution in [3.8, 4) is 0 Å². The molecule has 0 aromatic carbocycles. The highest BCUT2D eigenvalue weighted by Crippen LogP contribution is 2.71. The molecular formula is C10H18O. The van der Waals surface area contributed by atoms with Crippen molar-refractivity contribution >= 4 is 0 Å². The van der Waals surface area contributed by atoms with Crippen molar-refractivity contribution in [1.82, 2.24) is 0 Å². The van der Waals surface area contributed by atoms with Gasteiger partial charge in [-0.05, 0) is 31.1 Å². The van der Waals surface area contributed by atoms with E-state index in [2.05, 4.69) is 20.8 Å². The van der Waals surface area contributed by atoms with E-state index in [4.69, 9.17) is 0 Å². The van der Waals surface area contributed by atoms with Crippen molar-refractivity contribution in [1.29, 1.82) is 0 Å². The van der Waals surface area contributed by atoms with Crippen molar-refractivity contribution in [2.45, 2.75) is 45.6 Å². The molecule has 2 fully saturated rings. The minimum atomic E-state index is -0.263. The van der Waals surface area contributed by atoms with E-state index in [-0.39, 0.29) is 5.60 Å². The Morgan fingerprint density at radius 2 is 1.73 bits per heavy atom. The van der Waals surface area contributed by atoms with Gasteiger partial charge in [0.25, 0.3) is 0 Å². The fraction of sp³-hybridized carbons (Fsp3) is 1.00. The van der Waals surface area contributed by atoms with Crippen LogP contribution in [0.3, 0.4) is 0 Å². The van der Waals surface area contributed by atoms with Gasteiger partial charge in [-0.15, -0.1) is 0 Å². The molecule has 0 aliphatic heterocycles. The van der Waals surface area contributed by atoms with E-state index in [0.29, 0.717) is 11.3 Å². The second-order valence-electron chi connectivity index (χ2n) is 4.64. The summed E-state index contributed by atoms with van der Waals surface area (Å²) in [6, 6.07) is 0. The van der Waals surface area contributed by atoms with Gasteiger partial charge in [0.1, 0.15) is 0 Å². The minimum Gasteiger partial charge on any atom is -0.389 e. The maximum atomic E-state index is 10.2. The summed E-state index contributed by atoms with van der Waals surface area (Å²) in [6.45, 7) is 6.65. The average molecular weight is 154 g/mol. The molecule has 4 atom stereocenters. The summed E-state index contributed by atoms with van der Waals surface area (Å²) >= 11 is 0. The first-order valence-corrected chi connectivity index (χ1v) is 4.79. The predicted octanol–water partition coefficient (Wildman–Crippen LogP) is 2.19. The topological polar surface area (TPSA) is 20.2 Å². The molecule has 1 heteroatoms. The maximum absolute atomic E-state index is 10.2. The Hall–Kier alpha value is -0.0400. The molecule has 2 saturated carbocycles. The van der Waals surface area contributed by atoms with Crippen LogP contribution in [0.5, 0.6) is 0 Å². The van der Waals surface area contributed by atoms with Crippen LogP contribution in [-0.4, -0.2) is 10.7 Å². The summed E-state index contributed by atoms with van der Waals surface area (Å²) in [4.78, 5) is 0. The molecule has 2 aliphatic rings. The van der Waals surface area contributed by atoms with Gasteiger partial charge in [-0.25, -0.2) is 0 Å². The average Bonchev–Trinajstić information content (AvgIpc) is 2.76. The Balaban J connectivity index is 2.15.